The van der Waals surface area contributed by atoms with Gasteiger partial charge in [0.1, 0.15) is 11.5 Å². The maximum Gasteiger partial charge on any atom is 0.270 e. The van der Waals surface area contributed by atoms with Crippen LogP contribution < -0.4 is 4.90 Å². The molecule has 26 heavy (non-hydrogen) atoms. The number of carbonyl (C=O) groups is 1. The minimum Gasteiger partial charge on any atom is -0.457 e. The number of hydrogen-bond acceptors (Lipinski definition) is 4. The fourth-order valence-corrected chi connectivity index (χ4v) is 3.98. The Bertz CT molecular complexity index is 1000. The normalized spacial score (nSPS) is 15.9. The van der Waals surface area contributed by atoms with E-state index >= 15 is 0 Å². The number of furan rings is 1. The second-order valence-electron chi connectivity index (χ2n) is 5.92. The summed E-state index contributed by atoms with van der Waals surface area (Å²) in [5, 5.41) is 0. The highest BCUT2D eigenvalue weighted by atomic mass is 32.2. The Morgan fingerprint density at radius 3 is 2.46 bits per heavy atom. The van der Waals surface area contributed by atoms with Crippen molar-refractivity contribution in [3.8, 4) is 11.3 Å². The Labute approximate surface area is 161 Å². The fourth-order valence-electron chi connectivity index (χ4n) is 2.70. The van der Waals surface area contributed by atoms with Gasteiger partial charge >= 0.3 is 0 Å². The third-order valence-electron chi connectivity index (χ3n) is 4.04. The van der Waals surface area contributed by atoms with Gasteiger partial charge in [-0.25, -0.2) is 0 Å². The van der Waals surface area contributed by atoms with Crippen LogP contribution in [0.1, 0.15) is 11.3 Å². The molecule has 4 rings (SSSR count). The van der Waals surface area contributed by atoms with E-state index in [0.29, 0.717) is 15.0 Å². The molecule has 0 N–H and O–H groups in total. The van der Waals surface area contributed by atoms with Gasteiger partial charge in [0.2, 0.25) is 0 Å². The molecule has 0 unspecified atom stereocenters. The molecule has 3 aromatic rings. The van der Waals surface area contributed by atoms with Crippen LogP contribution >= 0.6 is 24.0 Å². The molecule has 1 aliphatic rings. The summed E-state index contributed by atoms with van der Waals surface area (Å²) in [5.41, 5.74) is 2.92. The number of anilines is 1. The van der Waals surface area contributed by atoms with Crippen LogP contribution in [0.25, 0.3) is 17.4 Å². The number of thioether (sulfide) groups is 1. The summed E-state index contributed by atoms with van der Waals surface area (Å²) in [4.78, 5) is 14.9. The van der Waals surface area contributed by atoms with Crippen molar-refractivity contribution in [1.82, 2.24) is 0 Å². The molecule has 128 valence electrons. The van der Waals surface area contributed by atoms with Crippen LogP contribution in [0.15, 0.2) is 76.1 Å². The van der Waals surface area contributed by atoms with Crippen molar-refractivity contribution in [3.63, 3.8) is 0 Å². The van der Waals surface area contributed by atoms with Crippen LogP contribution in [0, 0.1) is 6.92 Å². The molecule has 0 radical (unpaired) electrons. The lowest BCUT2D eigenvalue weighted by atomic mass is 10.2. The third kappa shape index (κ3) is 3.23. The first-order valence-electron chi connectivity index (χ1n) is 8.12. The zero-order valence-electron chi connectivity index (χ0n) is 14.0. The molecule has 1 saturated heterocycles. The van der Waals surface area contributed by atoms with E-state index in [4.69, 9.17) is 16.6 Å². The Morgan fingerprint density at radius 2 is 1.73 bits per heavy atom. The molecular weight excluding hydrogens is 362 g/mol. The van der Waals surface area contributed by atoms with E-state index in [2.05, 4.69) is 0 Å². The summed E-state index contributed by atoms with van der Waals surface area (Å²) in [6.07, 6.45) is 1.75. The summed E-state index contributed by atoms with van der Waals surface area (Å²) < 4.78 is 6.40. The van der Waals surface area contributed by atoms with Gasteiger partial charge in [0.25, 0.3) is 5.91 Å². The van der Waals surface area contributed by atoms with Crippen molar-refractivity contribution in [3.05, 3.63) is 83.0 Å². The van der Waals surface area contributed by atoms with Crippen molar-refractivity contribution in [2.75, 3.05) is 4.90 Å². The van der Waals surface area contributed by atoms with Gasteiger partial charge in [-0.05, 0) is 31.2 Å². The molecule has 1 aliphatic heterocycles. The van der Waals surface area contributed by atoms with Gasteiger partial charge in [0.15, 0.2) is 4.32 Å². The highest BCUT2D eigenvalue weighted by molar-refractivity contribution is 8.27. The molecule has 2 aromatic carbocycles. The number of rotatable bonds is 3. The van der Waals surface area contributed by atoms with E-state index in [1.165, 1.54) is 11.8 Å². The van der Waals surface area contributed by atoms with Gasteiger partial charge < -0.3 is 4.42 Å². The first-order valence-corrected chi connectivity index (χ1v) is 9.34. The fraction of sp³-hybridized carbons (Fsp3) is 0.0476. The van der Waals surface area contributed by atoms with Gasteiger partial charge in [-0.2, -0.15) is 0 Å². The zero-order valence-corrected chi connectivity index (χ0v) is 15.6. The largest absolute Gasteiger partial charge is 0.457 e. The van der Waals surface area contributed by atoms with E-state index in [0.717, 1.165) is 22.6 Å². The third-order valence-corrected chi connectivity index (χ3v) is 5.35. The van der Waals surface area contributed by atoms with Crippen LogP contribution in [-0.4, -0.2) is 10.2 Å². The lowest BCUT2D eigenvalue weighted by Gasteiger charge is -2.14. The minimum absolute atomic E-state index is 0.124. The molecule has 1 aromatic heterocycles. The summed E-state index contributed by atoms with van der Waals surface area (Å²) in [6.45, 7) is 2.01. The zero-order chi connectivity index (χ0) is 18.1. The molecule has 0 saturated carbocycles. The van der Waals surface area contributed by atoms with Gasteiger partial charge in [-0.1, -0.05) is 72.0 Å². The lowest BCUT2D eigenvalue weighted by Crippen LogP contribution is -2.27. The molecule has 5 heteroatoms. The number of aryl methyl sites for hydroxylation is 1. The van der Waals surface area contributed by atoms with Crippen LogP contribution in [-0.2, 0) is 4.79 Å². The smallest absolute Gasteiger partial charge is 0.270 e. The summed E-state index contributed by atoms with van der Waals surface area (Å²) in [7, 11) is 0. The monoisotopic (exact) mass is 377 g/mol. The average molecular weight is 377 g/mol. The SMILES string of the molecule is Cc1ccc(N2C(=O)/C(=C\c3ccc(-c4ccccc4)o3)SC2=S)cc1. The van der Waals surface area contributed by atoms with E-state index in [1.54, 1.807) is 11.0 Å². The number of amides is 1. The van der Waals surface area contributed by atoms with Crippen molar-refractivity contribution in [2.45, 2.75) is 6.92 Å². The highest BCUT2D eigenvalue weighted by Gasteiger charge is 2.33. The van der Waals surface area contributed by atoms with E-state index in [-0.39, 0.29) is 5.91 Å². The van der Waals surface area contributed by atoms with E-state index in [1.807, 2.05) is 73.7 Å². The maximum absolute atomic E-state index is 12.8. The first kappa shape index (κ1) is 16.8. The standard InChI is InChI=1S/C21H15NO2S2/c1-14-7-9-16(10-8-14)22-20(23)19(26-21(22)25)13-17-11-12-18(24-17)15-5-3-2-4-6-15/h2-13H,1H3/b19-13+. The van der Waals surface area contributed by atoms with Gasteiger partial charge in [0.05, 0.1) is 10.6 Å². The van der Waals surface area contributed by atoms with E-state index < -0.39 is 0 Å². The highest BCUT2D eigenvalue weighted by Crippen LogP contribution is 2.36. The Hall–Kier alpha value is -2.63. The number of hydrogen-bond donors (Lipinski definition) is 0. The number of benzene rings is 2. The topological polar surface area (TPSA) is 33.5 Å². The number of nitrogens with zero attached hydrogens (tertiary/aromatic N) is 1. The number of thiocarbonyl (C=S) groups is 1. The van der Waals surface area contributed by atoms with E-state index in [9.17, 15) is 4.79 Å². The Kier molecular flexibility index (Phi) is 4.49. The molecular formula is C21H15NO2S2. The maximum atomic E-state index is 12.8. The lowest BCUT2D eigenvalue weighted by molar-refractivity contribution is -0.113. The molecule has 0 bridgehead atoms. The van der Waals surface area contributed by atoms with Crippen molar-refractivity contribution in [1.29, 1.82) is 0 Å². The predicted molar refractivity (Wildman–Crippen MR) is 111 cm³/mol. The number of carbonyl (C=O) groups excluding carboxylic acids is 1. The first-order chi connectivity index (χ1) is 12.6. The second-order valence-corrected chi connectivity index (χ2v) is 7.60. The molecule has 3 nitrogen and oxygen atoms in total. The quantitative estimate of drug-likeness (QED) is 0.435. The van der Waals surface area contributed by atoms with Gasteiger partial charge in [0, 0.05) is 11.6 Å². The van der Waals surface area contributed by atoms with Crippen LogP contribution in [0.3, 0.4) is 0 Å². The van der Waals surface area contributed by atoms with Crippen molar-refractivity contribution in [2.24, 2.45) is 0 Å². The van der Waals surface area contributed by atoms with Crippen molar-refractivity contribution >= 4 is 46.0 Å². The van der Waals surface area contributed by atoms with Crippen LogP contribution in [0.4, 0.5) is 5.69 Å². The van der Waals surface area contributed by atoms with Crippen molar-refractivity contribution < 1.29 is 9.21 Å². The molecule has 1 amide bonds. The molecule has 1 fully saturated rings. The summed E-state index contributed by atoms with van der Waals surface area (Å²) in [6, 6.07) is 21.4. The summed E-state index contributed by atoms with van der Waals surface area (Å²) in [5.74, 6) is 1.28. The molecule has 2 heterocycles. The molecule has 0 aliphatic carbocycles. The Balaban J connectivity index is 1.61. The Morgan fingerprint density at radius 1 is 1.00 bits per heavy atom. The van der Waals surface area contributed by atoms with Crippen LogP contribution in [0.5, 0.6) is 0 Å². The van der Waals surface area contributed by atoms with Crippen LogP contribution in [0.2, 0.25) is 0 Å². The average Bonchev–Trinajstić information content (AvgIpc) is 3.22. The second kappa shape index (κ2) is 6.94. The van der Waals surface area contributed by atoms with Gasteiger partial charge in [-0.15, -0.1) is 0 Å². The predicted octanol–water partition coefficient (Wildman–Crippen LogP) is 5.66. The summed E-state index contributed by atoms with van der Waals surface area (Å²) >= 11 is 6.69. The molecule has 0 spiro atoms. The van der Waals surface area contributed by atoms with Gasteiger partial charge in [-0.3, -0.25) is 9.69 Å². The molecule has 0 atom stereocenters. The minimum atomic E-state index is -0.124.